The normalized spacial score (nSPS) is 16.3. The summed E-state index contributed by atoms with van der Waals surface area (Å²) in [6.45, 7) is 0. The molecular formula is C49H37N3. The van der Waals surface area contributed by atoms with Gasteiger partial charge < -0.3 is 0 Å². The second kappa shape index (κ2) is 12.9. The zero-order chi connectivity index (χ0) is 34.4. The minimum Gasteiger partial charge on any atom is -0.208 e. The van der Waals surface area contributed by atoms with Crippen molar-refractivity contribution in [3.63, 3.8) is 0 Å². The zero-order valence-corrected chi connectivity index (χ0v) is 29.0. The van der Waals surface area contributed by atoms with E-state index in [-0.39, 0.29) is 0 Å². The molecule has 0 aliphatic heterocycles. The van der Waals surface area contributed by atoms with Crippen LogP contribution in [0.25, 0.3) is 61.7 Å². The van der Waals surface area contributed by atoms with Crippen LogP contribution in [0.1, 0.15) is 54.4 Å². The van der Waals surface area contributed by atoms with Crippen LogP contribution in [0.4, 0.5) is 0 Å². The highest BCUT2D eigenvalue weighted by molar-refractivity contribution is 6.04. The van der Waals surface area contributed by atoms with Crippen molar-refractivity contribution in [2.24, 2.45) is 0 Å². The first-order valence-corrected chi connectivity index (χ1v) is 18.5. The lowest BCUT2D eigenvalue weighted by molar-refractivity contribution is 0.927. The van der Waals surface area contributed by atoms with E-state index < -0.39 is 0 Å². The predicted molar refractivity (Wildman–Crippen MR) is 215 cm³/mol. The van der Waals surface area contributed by atoms with Crippen LogP contribution < -0.4 is 0 Å². The summed E-state index contributed by atoms with van der Waals surface area (Å²) in [4.78, 5) is 14.9. The van der Waals surface area contributed by atoms with Crippen LogP contribution in [0.15, 0.2) is 168 Å². The fourth-order valence-corrected chi connectivity index (χ4v) is 8.47. The van der Waals surface area contributed by atoms with Crippen LogP contribution in [-0.4, -0.2) is 15.0 Å². The van der Waals surface area contributed by atoms with Crippen molar-refractivity contribution in [2.75, 3.05) is 0 Å². The van der Waals surface area contributed by atoms with Crippen LogP contribution in [-0.2, 0) is 6.42 Å². The number of hydrogen-bond donors (Lipinski definition) is 0. The van der Waals surface area contributed by atoms with E-state index in [0.29, 0.717) is 17.5 Å². The first-order chi connectivity index (χ1) is 25.8. The molecule has 4 aliphatic carbocycles. The molecule has 0 radical (unpaired) electrons. The van der Waals surface area contributed by atoms with Gasteiger partial charge in [-0.15, -0.1) is 0 Å². The summed E-state index contributed by atoms with van der Waals surface area (Å²) >= 11 is 0. The van der Waals surface area contributed by atoms with E-state index in [1.807, 2.05) is 36.4 Å². The smallest absolute Gasteiger partial charge is 0.164 e. The Morgan fingerprint density at radius 2 is 1.17 bits per heavy atom. The summed E-state index contributed by atoms with van der Waals surface area (Å²) < 4.78 is 0. The molecule has 52 heavy (non-hydrogen) atoms. The van der Waals surface area contributed by atoms with E-state index in [1.165, 1.54) is 60.9 Å². The van der Waals surface area contributed by atoms with Gasteiger partial charge in [-0.2, -0.15) is 0 Å². The largest absolute Gasteiger partial charge is 0.208 e. The van der Waals surface area contributed by atoms with Gasteiger partial charge in [0.15, 0.2) is 17.5 Å². The molecule has 0 saturated heterocycles. The maximum atomic E-state index is 5.01. The molecule has 0 N–H and O–H groups in total. The predicted octanol–water partition coefficient (Wildman–Crippen LogP) is 12.2. The molecule has 0 saturated carbocycles. The number of rotatable bonds is 6. The molecular weight excluding hydrogens is 631 g/mol. The summed E-state index contributed by atoms with van der Waals surface area (Å²) in [5.74, 6) is 2.04. The van der Waals surface area contributed by atoms with Crippen LogP contribution >= 0.6 is 0 Å². The molecule has 0 amide bonds. The first kappa shape index (κ1) is 30.6. The Morgan fingerprint density at radius 3 is 1.90 bits per heavy atom. The third-order valence-corrected chi connectivity index (χ3v) is 11.0. The van der Waals surface area contributed by atoms with Gasteiger partial charge in [0.25, 0.3) is 0 Å². The van der Waals surface area contributed by atoms with Crippen molar-refractivity contribution in [1.82, 2.24) is 15.0 Å². The highest BCUT2D eigenvalue weighted by Gasteiger charge is 2.30. The monoisotopic (exact) mass is 667 g/mol. The van der Waals surface area contributed by atoms with E-state index in [0.717, 1.165) is 55.2 Å². The Balaban J connectivity index is 1.02. The molecule has 0 spiro atoms. The lowest BCUT2D eigenvalue weighted by Gasteiger charge is -2.23. The summed E-state index contributed by atoms with van der Waals surface area (Å²) in [7, 11) is 0. The molecule has 248 valence electrons. The Labute approximate surface area is 304 Å². The van der Waals surface area contributed by atoms with E-state index >= 15 is 0 Å². The van der Waals surface area contributed by atoms with Crippen LogP contribution in [0.3, 0.4) is 0 Å². The van der Waals surface area contributed by atoms with Crippen molar-refractivity contribution in [2.45, 2.75) is 38.5 Å². The molecule has 1 aromatic heterocycles. The Hall–Kier alpha value is -6.19. The quantitative estimate of drug-likeness (QED) is 0.177. The van der Waals surface area contributed by atoms with Gasteiger partial charge in [-0.05, 0) is 112 Å². The number of aromatic nitrogens is 3. The van der Waals surface area contributed by atoms with Gasteiger partial charge in [0.05, 0.1) is 0 Å². The second-order valence-corrected chi connectivity index (χ2v) is 14.1. The maximum absolute atomic E-state index is 5.01. The fraction of sp³-hybridized carbons (Fsp3) is 0.122. The summed E-state index contributed by atoms with van der Waals surface area (Å²) in [6, 6.07) is 40.7. The number of allylic oxidation sites excluding steroid dienone is 12. The number of nitrogens with zero attached hydrogens (tertiary/aromatic N) is 3. The zero-order valence-electron chi connectivity index (χ0n) is 29.0. The molecule has 3 nitrogen and oxygen atoms in total. The van der Waals surface area contributed by atoms with Gasteiger partial charge in [-0.25, -0.2) is 15.0 Å². The topological polar surface area (TPSA) is 38.7 Å². The highest BCUT2D eigenvalue weighted by Crippen LogP contribution is 2.49. The first-order valence-electron chi connectivity index (χ1n) is 18.5. The SMILES string of the molecule is C1=CCC(c2cc3c(c4ccccc24)CC2=C3C(C3=CCCC(c4cccc(-c5nc(-c6ccccc6)nc(-c6ccccc6)n5)c4)=C3)=CCC2)=C1. The van der Waals surface area contributed by atoms with E-state index in [1.54, 1.807) is 5.57 Å². The highest BCUT2D eigenvalue weighted by atomic mass is 15.0. The number of benzene rings is 5. The van der Waals surface area contributed by atoms with Crippen molar-refractivity contribution in [3.05, 3.63) is 191 Å². The van der Waals surface area contributed by atoms with E-state index in [9.17, 15) is 0 Å². The van der Waals surface area contributed by atoms with Crippen LogP contribution in [0.5, 0.6) is 0 Å². The van der Waals surface area contributed by atoms with Gasteiger partial charge in [0.2, 0.25) is 0 Å². The van der Waals surface area contributed by atoms with Gasteiger partial charge in [-0.3, -0.25) is 0 Å². The Kier molecular flexibility index (Phi) is 7.57. The molecule has 10 rings (SSSR count). The number of hydrogen-bond acceptors (Lipinski definition) is 3. The molecule has 0 fully saturated rings. The van der Waals surface area contributed by atoms with Gasteiger partial charge >= 0.3 is 0 Å². The van der Waals surface area contributed by atoms with E-state index in [4.69, 9.17) is 15.0 Å². The molecule has 5 aromatic carbocycles. The Morgan fingerprint density at radius 1 is 0.519 bits per heavy atom. The molecule has 3 heteroatoms. The van der Waals surface area contributed by atoms with Crippen molar-refractivity contribution < 1.29 is 0 Å². The van der Waals surface area contributed by atoms with Crippen LogP contribution in [0.2, 0.25) is 0 Å². The third-order valence-electron chi connectivity index (χ3n) is 11.0. The van der Waals surface area contributed by atoms with Gasteiger partial charge in [0, 0.05) is 16.7 Å². The number of fused-ring (bicyclic) bond motifs is 4. The van der Waals surface area contributed by atoms with Gasteiger partial charge in [-0.1, -0.05) is 145 Å². The fourth-order valence-electron chi connectivity index (χ4n) is 8.47. The summed E-state index contributed by atoms with van der Waals surface area (Å²) in [6.07, 6.45) is 20.5. The molecule has 1 heterocycles. The molecule has 6 aromatic rings. The summed E-state index contributed by atoms with van der Waals surface area (Å²) in [5, 5.41) is 2.79. The average molecular weight is 668 g/mol. The van der Waals surface area contributed by atoms with E-state index in [2.05, 4.69) is 115 Å². The standard InChI is InChI=1S/C49H37N3/c1-3-16-33(17-4-1)47-50-48(34-18-5-2-6-19-34)52-49(51-47)39-24-12-21-36(29-39)35-20-11-22-37(28-35)40-27-13-23-38-30-44-42-26-10-9-25-41(42)43(31-45(44)46(38)40)32-14-7-8-15-32/h1-10,12,14,16-19,21-22,24-29,31H,11,13,15,20,23,30H2. The molecule has 0 bridgehead atoms. The third kappa shape index (κ3) is 5.41. The van der Waals surface area contributed by atoms with Gasteiger partial charge in [0.1, 0.15) is 0 Å². The molecule has 0 atom stereocenters. The minimum atomic E-state index is 0.679. The van der Waals surface area contributed by atoms with Crippen molar-refractivity contribution >= 4 is 27.5 Å². The summed E-state index contributed by atoms with van der Waals surface area (Å²) in [5.41, 5.74) is 17.1. The average Bonchev–Trinajstić information content (AvgIpc) is 3.90. The van der Waals surface area contributed by atoms with Crippen LogP contribution in [0, 0.1) is 0 Å². The molecule has 0 unspecified atom stereocenters. The van der Waals surface area contributed by atoms with Crippen molar-refractivity contribution in [3.8, 4) is 34.2 Å². The lowest BCUT2D eigenvalue weighted by atomic mass is 9.81. The van der Waals surface area contributed by atoms with Crippen molar-refractivity contribution in [1.29, 1.82) is 0 Å². The Bertz CT molecular complexity index is 2540. The maximum Gasteiger partial charge on any atom is 0.164 e. The molecule has 4 aliphatic rings. The second-order valence-electron chi connectivity index (χ2n) is 14.1. The lowest BCUT2D eigenvalue weighted by Crippen LogP contribution is -2.03. The minimum absolute atomic E-state index is 0.679.